The van der Waals surface area contributed by atoms with Crippen LogP contribution in [0.5, 0.6) is 5.75 Å². The first-order valence-corrected chi connectivity index (χ1v) is 7.63. The quantitative estimate of drug-likeness (QED) is 0.424. The first-order chi connectivity index (χ1) is 10.6. The summed E-state index contributed by atoms with van der Waals surface area (Å²) in [5.41, 5.74) is 0. The summed E-state index contributed by atoms with van der Waals surface area (Å²) in [5.74, 6) is -0.352. The second-order valence-electron chi connectivity index (χ2n) is 4.50. The molecule has 1 fully saturated rings. The van der Waals surface area contributed by atoms with E-state index in [0.29, 0.717) is 5.75 Å². The van der Waals surface area contributed by atoms with E-state index in [9.17, 15) is 14.4 Å². The third kappa shape index (κ3) is 4.66. The molecular weight excluding hydrogens is 308 g/mol. The van der Waals surface area contributed by atoms with Gasteiger partial charge in [0.25, 0.3) is 5.91 Å². The van der Waals surface area contributed by atoms with E-state index in [1.807, 2.05) is 6.07 Å². The van der Waals surface area contributed by atoms with Gasteiger partial charge in [-0.3, -0.25) is 14.4 Å². The number of hydrogen-bond donors (Lipinski definition) is 2. The van der Waals surface area contributed by atoms with Gasteiger partial charge in [0.1, 0.15) is 23.1 Å². The normalized spacial score (nSPS) is 19.6. The number of para-hydroxylation sites is 1. The number of nitrogens with one attached hydrogen (secondary N) is 2. The molecule has 0 spiro atoms. The average molecular weight is 324 g/mol. The Morgan fingerprint density at radius 1 is 1.32 bits per heavy atom. The third-order valence-corrected chi connectivity index (χ3v) is 3.81. The number of benzene rings is 1. The summed E-state index contributed by atoms with van der Waals surface area (Å²) in [5, 5.41) is 4.90. The minimum absolute atomic E-state index is 0.118. The summed E-state index contributed by atoms with van der Waals surface area (Å²) >= 11 is 1.23. The van der Waals surface area contributed by atoms with Gasteiger partial charge in [-0.1, -0.05) is 30.0 Å². The first kappa shape index (κ1) is 16.2. The van der Waals surface area contributed by atoms with Gasteiger partial charge in [-0.2, -0.15) is 0 Å². The summed E-state index contributed by atoms with van der Waals surface area (Å²) in [4.78, 5) is 33.9. The number of hydrogen-bond acceptors (Lipinski definition) is 6. The zero-order valence-electron chi connectivity index (χ0n) is 11.9. The standard InChI is InChI=1S/C14H16N2O5S/c1-9(17)21-8-22-14-12(13(19)16-14)15-11(18)7-20-10-5-3-2-4-6-10/h2-6,12,14H,7-8H2,1H3,(H,15,18)(H,16,19). The van der Waals surface area contributed by atoms with Crippen LogP contribution in [0.4, 0.5) is 0 Å². The molecule has 2 N–H and O–H groups in total. The monoisotopic (exact) mass is 324 g/mol. The second kappa shape index (κ2) is 7.69. The molecule has 0 saturated carbocycles. The van der Waals surface area contributed by atoms with Crippen molar-refractivity contribution in [3.05, 3.63) is 30.3 Å². The van der Waals surface area contributed by atoms with E-state index in [0.717, 1.165) is 0 Å². The Kier molecular flexibility index (Phi) is 5.65. The molecule has 2 unspecified atom stereocenters. The fourth-order valence-corrected chi connectivity index (χ4v) is 2.67. The van der Waals surface area contributed by atoms with Gasteiger partial charge >= 0.3 is 5.97 Å². The minimum Gasteiger partial charge on any atom is -0.484 e. The van der Waals surface area contributed by atoms with Crippen LogP contribution in [0.25, 0.3) is 0 Å². The number of ether oxygens (including phenoxy) is 2. The SMILES string of the molecule is CC(=O)OCSC1NC(=O)C1NC(=O)COc1ccccc1. The fraction of sp³-hybridized carbons (Fsp3) is 0.357. The Balaban J connectivity index is 1.72. The van der Waals surface area contributed by atoms with E-state index in [1.165, 1.54) is 18.7 Å². The Labute approximate surface area is 131 Å². The molecule has 7 nitrogen and oxygen atoms in total. The van der Waals surface area contributed by atoms with Gasteiger partial charge in [-0.25, -0.2) is 0 Å². The van der Waals surface area contributed by atoms with Crippen molar-refractivity contribution in [2.45, 2.75) is 18.3 Å². The highest BCUT2D eigenvalue weighted by atomic mass is 32.2. The highest BCUT2D eigenvalue weighted by Crippen LogP contribution is 2.20. The van der Waals surface area contributed by atoms with E-state index >= 15 is 0 Å². The third-order valence-electron chi connectivity index (χ3n) is 2.81. The number of β-lactam (4-membered cyclic amide) rings is 1. The Hall–Kier alpha value is -2.22. The van der Waals surface area contributed by atoms with Crippen LogP contribution in [0.15, 0.2) is 30.3 Å². The molecule has 118 valence electrons. The summed E-state index contributed by atoms with van der Waals surface area (Å²) in [6.07, 6.45) is 0. The zero-order valence-corrected chi connectivity index (χ0v) is 12.7. The largest absolute Gasteiger partial charge is 0.484 e. The van der Waals surface area contributed by atoms with E-state index in [2.05, 4.69) is 10.6 Å². The van der Waals surface area contributed by atoms with Crippen LogP contribution in [0.1, 0.15) is 6.92 Å². The van der Waals surface area contributed by atoms with E-state index in [4.69, 9.17) is 9.47 Å². The number of thioether (sulfide) groups is 1. The van der Waals surface area contributed by atoms with Crippen LogP contribution in [-0.4, -0.2) is 41.7 Å². The van der Waals surface area contributed by atoms with E-state index in [1.54, 1.807) is 24.3 Å². The van der Waals surface area contributed by atoms with Gasteiger partial charge in [-0.15, -0.1) is 0 Å². The van der Waals surface area contributed by atoms with Gasteiger partial charge in [0.05, 0.1) is 0 Å². The van der Waals surface area contributed by atoms with Gasteiger partial charge in [-0.05, 0) is 12.1 Å². The number of rotatable bonds is 7. The van der Waals surface area contributed by atoms with Gasteiger partial charge in [0.2, 0.25) is 5.91 Å². The predicted octanol–water partition coefficient (Wildman–Crippen LogP) is 0.260. The van der Waals surface area contributed by atoms with Crippen molar-refractivity contribution in [1.29, 1.82) is 0 Å². The lowest BCUT2D eigenvalue weighted by Gasteiger charge is -2.36. The lowest BCUT2D eigenvalue weighted by atomic mass is 10.1. The highest BCUT2D eigenvalue weighted by Gasteiger charge is 2.40. The van der Waals surface area contributed by atoms with Crippen molar-refractivity contribution in [3.63, 3.8) is 0 Å². The Morgan fingerprint density at radius 2 is 2.05 bits per heavy atom. The summed E-state index contributed by atoms with van der Waals surface area (Å²) in [6, 6.07) is 8.27. The number of esters is 1. The maximum absolute atomic E-state index is 11.8. The fourth-order valence-electron chi connectivity index (χ4n) is 1.70. The maximum atomic E-state index is 11.8. The minimum atomic E-state index is -0.646. The van der Waals surface area contributed by atoms with Gasteiger partial charge < -0.3 is 20.1 Å². The molecule has 2 atom stereocenters. The van der Waals surface area contributed by atoms with Crippen LogP contribution in [0, 0.1) is 0 Å². The lowest BCUT2D eigenvalue weighted by Crippen LogP contribution is -2.68. The molecule has 8 heteroatoms. The number of amides is 2. The lowest BCUT2D eigenvalue weighted by molar-refractivity contribution is -0.138. The van der Waals surface area contributed by atoms with Crippen LogP contribution in [0.2, 0.25) is 0 Å². The summed E-state index contributed by atoms with van der Waals surface area (Å²) < 4.78 is 10.1. The van der Waals surface area contributed by atoms with Crippen LogP contribution >= 0.6 is 11.8 Å². The Morgan fingerprint density at radius 3 is 2.68 bits per heavy atom. The maximum Gasteiger partial charge on any atom is 0.303 e. The molecule has 1 aromatic rings. The molecule has 2 rings (SSSR count). The zero-order chi connectivity index (χ0) is 15.9. The topological polar surface area (TPSA) is 93.7 Å². The van der Waals surface area contributed by atoms with Crippen molar-refractivity contribution in [2.75, 3.05) is 12.5 Å². The summed E-state index contributed by atoms with van der Waals surface area (Å²) in [7, 11) is 0. The predicted molar refractivity (Wildman–Crippen MR) is 80.0 cm³/mol. The smallest absolute Gasteiger partial charge is 0.303 e. The van der Waals surface area contributed by atoms with Gasteiger partial charge in [0, 0.05) is 6.92 Å². The van der Waals surface area contributed by atoms with Crippen LogP contribution in [-0.2, 0) is 19.1 Å². The molecule has 1 saturated heterocycles. The molecule has 1 aromatic carbocycles. The van der Waals surface area contributed by atoms with Crippen molar-refractivity contribution >= 4 is 29.5 Å². The van der Waals surface area contributed by atoms with Crippen molar-refractivity contribution in [3.8, 4) is 5.75 Å². The van der Waals surface area contributed by atoms with Crippen molar-refractivity contribution < 1.29 is 23.9 Å². The highest BCUT2D eigenvalue weighted by molar-refractivity contribution is 7.99. The van der Waals surface area contributed by atoms with E-state index in [-0.39, 0.29) is 29.7 Å². The van der Waals surface area contributed by atoms with Gasteiger partial charge in [0.15, 0.2) is 6.61 Å². The second-order valence-corrected chi connectivity index (χ2v) is 5.57. The van der Waals surface area contributed by atoms with Crippen LogP contribution < -0.4 is 15.4 Å². The molecule has 22 heavy (non-hydrogen) atoms. The molecule has 0 aromatic heterocycles. The van der Waals surface area contributed by atoms with Crippen molar-refractivity contribution in [1.82, 2.24) is 10.6 Å². The Bertz CT molecular complexity index is 551. The summed E-state index contributed by atoms with van der Waals surface area (Å²) in [6.45, 7) is 1.13. The number of carbonyl (C=O) groups excluding carboxylic acids is 3. The molecule has 2 amide bonds. The molecule has 0 bridgehead atoms. The average Bonchev–Trinajstić information content (AvgIpc) is 2.50. The van der Waals surface area contributed by atoms with E-state index < -0.39 is 12.0 Å². The molecule has 0 radical (unpaired) electrons. The molecule has 1 aliphatic heterocycles. The molecule has 1 aliphatic rings. The first-order valence-electron chi connectivity index (χ1n) is 6.59. The number of carbonyl (C=O) groups is 3. The molecule has 1 heterocycles. The molecule has 0 aliphatic carbocycles. The van der Waals surface area contributed by atoms with Crippen molar-refractivity contribution in [2.24, 2.45) is 0 Å². The van der Waals surface area contributed by atoms with Crippen LogP contribution in [0.3, 0.4) is 0 Å². The molecular formula is C14H16N2O5S.